The first kappa shape index (κ1) is 14.1. The highest BCUT2D eigenvalue weighted by atomic mass is 15.3. The number of aromatic nitrogens is 4. The van der Waals surface area contributed by atoms with Crippen molar-refractivity contribution in [1.29, 1.82) is 0 Å². The second kappa shape index (κ2) is 5.50. The summed E-state index contributed by atoms with van der Waals surface area (Å²) in [5.41, 5.74) is 1.22. The normalized spacial score (nSPS) is 18.7. The third kappa shape index (κ3) is 2.94. The highest BCUT2D eigenvalue weighted by Crippen LogP contribution is 2.33. The molecule has 2 N–H and O–H groups in total. The van der Waals surface area contributed by atoms with Gasteiger partial charge in [-0.15, -0.1) is 0 Å². The van der Waals surface area contributed by atoms with E-state index in [1.165, 1.54) is 19.3 Å². The van der Waals surface area contributed by atoms with Crippen molar-refractivity contribution in [2.45, 2.75) is 40.0 Å². The molecule has 2 aromatic rings. The average Bonchev–Trinajstić information content (AvgIpc) is 2.83. The van der Waals surface area contributed by atoms with Crippen LogP contribution in [0.2, 0.25) is 0 Å². The van der Waals surface area contributed by atoms with E-state index in [0.717, 1.165) is 36.5 Å². The zero-order valence-corrected chi connectivity index (χ0v) is 13.1. The fraction of sp³-hybridized carbons (Fsp3) is 0.667. The van der Waals surface area contributed by atoms with Crippen LogP contribution >= 0.6 is 0 Å². The van der Waals surface area contributed by atoms with E-state index in [4.69, 9.17) is 4.98 Å². The number of aromatic amines is 1. The van der Waals surface area contributed by atoms with E-state index >= 15 is 0 Å². The molecule has 0 aliphatic carbocycles. The van der Waals surface area contributed by atoms with Crippen LogP contribution in [0, 0.1) is 5.41 Å². The van der Waals surface area contributed by atoms with Crippen molar-refractivity contribution in [3.8, 4) is 0 Å². The molecule has 3 heterocycles. The van der Waals surface area contributed by atoms with E-state index in [1.807, 2.05) is 6.20 Å². The van der Waals surface area contributed by atoms with Gasteiger partial charge in [-0.3, -0.25) is 5.10 Å². The predicted octanol–water partition coefficient (Wildman–Crippen LogP) is 2.80. The standard InChI is InChI=1S/C15H24N6/c1-4-16-14-18-12-11(10-17-20-12)13(19-14)21-8-5-6-15(2,3)7-9-21/h10H,4-9H2,1-3H3,(H2,16,17,18,19,20). The molecule has 21 heavy (non-hydrogen) atoms. The maximum Gasteiger partial charge on any atom is 0.226 e. The second-order valence-electron chi connectivity index (χ2n) is 6.54. The molecule has 0 spiro atoms. The summed E-state index contributed by atoms with van der Waals surface area (Å²) in [6.45, 7) is 9.66. The number of hydrogen-bond donors (Lipinski definition) is 2. The summed E-state index contributed by atoms with van der Waals surface area (Å²) in [7, 11) is 0. The minimum Gasteiger partial charge on any atom is -0.356 e. The molecule has 3 rings (SSSR count). The molecule has 0 atom stereocenters. The SMILES string of the molecule is CCNc1nc(N2CCCC(C)(C)CC2)c2cn[nH]c2n1. The van der Waals surface area contributed by atoms with E-state index < -0.39 is 0 Å². The van der Waals surface area contributed by atoms with Crippen LogP contribution in [-0.2, 0) is 0 Å². The van der Waals surface area contributed by atoms with Crippen molar-refractivity contribution < 1.29 is 0 Å². The Labute approximate surface area is 125 Å². The molecular formula is C15H24N6. The van der Waals surface area contributed by atoms with Gasteiger partial charge in [0.05, 0.1) is 11.6 Å². The lowest BCUT2D eigenvalue weighted by Gasteiger charge is -2.24. The number of rotatable bonds is 3. The molecular weight excluding hydrogens is 264 g/mol. The van der Waals surface area contributed by atoms with Crippen molar-refractivity contribution in [1.82, 2.24) is 20.2 Å². The predicted molar refractivity (Wildman–Crippen MR) is 85.7 cm³/mol. The first-order chi connectivity index (χ1) is 10.1. The fourth-order valence-electron chi connectivity index (χ4n) is 2.93. The first-order valence-electron chi connectivity index (χ1n) is 7.79. The molecule has 2 aromatic heterocycles. The Morgan fingerprint density at radius 1 is 1.29 bits per heavy atom. The summed E-state index contributed by atoms with van der Waals surface area (Å²) >= 11 is 0. The molecule has 1 fully saturated rings. The Morgan fingerprint density at radius 3 is 2.95 bits per heavy atom. The topological polar surface area (TPSA) is 69.7 Å². The van der Waals surface area contributed by atoms with Gasteiger partial charge in [0.2, 0.25) is 5.95 Å². The minimum atomic E-state index is 0.418. The van der Waals surface area contributed by atoms with Crippen molar-refractivity contribution in [3.63, 3.8) is 0 Å². The van der Waals surface area contributed by atoms with Gasteiger partial charge in [-0.25, -0.2) is 0 Å². The van der Waals surface area contributed by atoms with Gasteiger partial charge in [0.1, 0.15) is 5.82 Å². The van der Waals surface area contributed by atoms with Crippen molar-refractivity contribution in [3.05, 3.63) is 6.20 Å². The summed E-state index contributed by atoms with van der Waals surface area (Å²) in [5, 5.41) is 11.3. The number of hydrogen-bond acceptors (Lipinski definition) is 5. The Balaban J connectivity index is 1.96. The maximum absolute atomic E-state index is 4.72. The number of H-pyrrole nitrogens is 1. The zero-order chi connectivity index (χ0) is 14.9. The quantitative estimate of drug-likeness (QED) is 0.909. The molecule has 0 amide bonds. The molecule has 1 aliphatic rings. The monoisotopic (exact) mass is 288 g/mol. The van der Waals surface area contributed by atoms with Crippen LogP contribution in [0.3, 0.4) is 0 Å². The molecule has 114 valence electrons. The Hall–Kier alpha value is -1.85. The number of nitrogens with zero attached hydrogens (tertiary/aromatic N) is 4. The lowest BCUT2D eigenvalue weighted by Crippen LogP contribution is -2.26. The van der Waals surface area contributed by atoms with Gasteiger partial charge in [-0.05, 0) is 31.6 Å². The van der Waals surface area contributed by atoms with Gasteiger partial charge < -0.3 is 10.2 Å². The van der Waals surface area contributed by atoms with Crippen molar-refractivity contribution >= 4 is 22.8 Å². The molecule has 1 saturated heterocycles. The van der Waals surface area contributed by atoms with Crippen LogP contribution in [0.5, 0.6) is 0 Å². The lowest BCUT2D eigenvalue weighted by molar-refractivity contribution is 0.325. The lowest BCUT2D eigenvalue weighted by atomic mass is 9.85. The summed E-state index contributed by atoms with van der Waals surface area (Å²) in [4.78, 5) is 11.6. The van der Waals surface area contributed by atoms with Crippen molar-refractivity contribution in [2.24, 2.45) is 5.41 Å². The van der Waals surface area contributed by atoms with Crippen LogP contribution < -0.4 is 10.2 Å². The summed E-state index contributed by atoms with van der Waals surface area (Å²) in [5.74, 6) is 1.68. The van der Waals surface area contributed by atoms with Gasteiger partial charge in [0, 0.05) is 19.6 Å². The Bertz CT molecular complexity index is 618. The first-order valence-corrected chi connectivity index (χ1v) is 7.79. The molecule has 1 aliphatic heterocycles. The molecule has 0 aromatic carbocycles. The summed E-state index contributed by atoms with van der Waals surface area (Å²) in [6, 6.07) is 0. The maximum atomic E-state index is 4.72. The third-order valence-electron chi connectivity index (χ3n) is 4.26. The van der Waals surface area contributed by atoms with E-state index in [9.17, 15) is 0 Å². The molecule has 6 heteroatoms. The Morgan fingerprint density at radius 2 is 2.14 bits per heavy atom. The molecule has 6 nitrogen and oxygen atoms in total. The highest BCUT2D eigenvalue weighted by molar-refractivity contribution is 5.87. The average molecular weight is 288 g/mol. The van der Waals surface area contributed by atoms with Crippen LogP contribution in [-0.4, -0.2) is 39.8 Å². The highest BCUT2D eigenvalue weighted by Gasteiger charge is 2.25. The van der Waals surface area contributed by atoms with Gasteiger partial charge >= 0.3 is 0 Å². The molecule has 0 unspecified atom stereocenters. The minimum absolute atomic E-state index is 0.418. The van der Waals surface area contributed by atoms with Gasteiger partial charge in [0.15, 0.2) is 5.65 Å². The number of nitrogens with one attached hydrogen (secondary N) is 2. The van der Waals surface area contributed by atoms with E-state index in [0.29, 0.717) is 11.4 Å². The zero-order valence-electron chi connectivity index (χ0n) is 13.1. The van der Waals surface area contributed by atoms with Crippen LogP contribution in [0.4, 0.5) is 11.8 Å². The van der Waals surface area contributed by atoms with E-state index in [-0.39, 0.29) is 0 Å². The largest absolute Gasteiger partial charge is 0.356 e. The van der Waals surface area contributed by atoms with Gasteiger partial charge in [-0.2, -0.15) is 15.1 Å². The smallest absolute Gasteiger partial charge is 0.226 e. The molecule has 0 saturated carbocycles. The number of fused-ring (bicyclic) bond motifs is 1. The Kier molecular flexibility index (Phi) is 3.69. The van der Waals surface area contributed by atoms with E-state index in [2.05, 4.69) is 46.2 Å². The van der Waals surface area contributed by atoms with Gasteiger partial charge in [-0.1, -0.05) is 13.8 Å². The van der Waals surface area contributed by atoms with E-state index in [1.54, 1.807) is 0 Å². The van der Waals surface area contributed by atoms with Crippen LogP contribution in [0.1, 0.15) is 40.0 Å². The fourth-order valence-corrected chi connectivity index (χ4v) is 2.93. The summed E-state index contributed by atoms with van der Waals surface area (Å²) in [6.07, 6.45) is 5.49. The third-order valence-corrected chi connectivity index (χ3v) is 4.26. The second-order valence-corrected chi connectivity index (χ2v) is 6.54. The summed E-state index contributed by atoms with van der Waals surface area (Å²) < 4.78 is 0. The van der Waals surface area contributed by atoms with Crippen molar-refractivity contribution in [2.75, 3.05) is 29.9 Å². The van der Waals surface area contributed by atoms with Crippen LogP contribution in [0.25, 0.3) is 11.0 Å². The number of anilines is 2. The van der Waals surface area contributed by atoms with Gasteiger partial charge in [0.25, 0.3) is 0 Å². The molecule has 0 bridgehead atoms. The van der Waals surface area contributed by atoms with Crippen LogP contribution in [0.15, 0.2) is 6.20 Å². The molecule has 0 radical (unpaired) electrons.